The Hall–Kier alpha value is -1.09. The van der Waals surface area contributed by atoms with Gasteiger partial charge in [-0.15, -0.1) is 0 Å². The number of hydrogen-bond acceptors (Lipinski definition) is 2. The van der Waals surface area contributed by atoms with Gasteiger partial charge < -0.3 is 10.2 Å². The summed E-state index contributed by atoms with van der Waals surface area (Å²) in [7, 11) is 0. The van der Waals surface area contributed by atoms with E-state index in [-0.39, 0.29) is 12.5 Å². The van der Waals surface area contributed by atoms with Crippen molar-refractivity contribution in [2.75, 3.05) is 0 Å². The molecule has 3 heteroatoms. The summed E-state index contributed by atoms with van der Waals surface area (Å²) in [6, 6.07) is 0. The topological polar surface area (TPSA) is 57.5 Å². The maximum atomic E-state index is 10.2. The second kappa shape index (κ2) is 11.4. The van der Waals surface area contributed by atoms with Crippen molar-refractivity contribution in [3.05, 3.63) is 24.3 Å². The van der Waals surface area contributed by atoms with E-state index in [1.54, 1.807) is 0 Å². The van der Waals surface area contributed by atoms with Crippen LogP contribution in [0, 0.1) is 0 Å². The Morgan fingerprint density at radius 3 is 2.24 bits per heavy atom. The van der Waals surface area contributed by atoms with Crippen LogP contribution < -0.4 is 0 Å². The van der Waals surface area contributed by atoms with Gasteiger partial charge in [0.25, 0.3) is 0 Å². The van der Waals surface area contributed by atoms with Crippen LogP contribution in [0.2, 0.25) is 0 Å². The Balaban J connectivity index is 3.28. The highest BCUT2D eigenvalue weighted by molar-refractivity contribution is 5.66. The molecule has 0 saturated carbocycles. The summed E-state index contributed by atoms with van der Waals surface area (Å²) >= 11 is 0. The molecule has 0 heterocycles. The lowest BCUT2D eigenvalue weighted by Crippen LogP contribution is -1.97. The average Bonchev–Trinajstić information content (AvgIpc) is 2.25. The Morgan fingerprint density at radius 1 is 1.12 bits per heavy atom. The smallest absolute Gasteiger partial charge is 0.303 e. The number of hydrogen-bond donors (Lipinski definition) is 2. The van der Waals surface area contributed by atoms with E-state index in [0.29, 0.717) is 6.42 Å². The Kier molecular flexibility index (Phi) is 10.7. The Morgan fingerprint density at radius 2 is 1.71 bits per heavy atom. The molecule has 0 aromatic heterocycles. The van der Waals surface area contributed by atoms with Gasteiger partial charge in [0, 0.05) is 6.42 Å². The largest absolute Gasteiger partial charge is 0.481 e. The fourth-order valence-corrected chi connectivity index (χ4v) is 1.41. The highest BCUT2D eigenvalue weighted by Crippen LogP contribution is 2.02. The Bertz CT molecular complexity index is 242. The molecule has 0 bridgehead atoms. The van der Waals surface area contributed by atoms with E-state index in [1.165, 1.54) is 0 Å². The summed E-state index contributed by atoms with van der Waals surface area (Å²) in [4.78, 5) is 10.2. The number of unbranched alkanes of at least 4 members (excludes halogenated alkanes) is 2. The maximum absolute atomic E-state index is 10.2. The van der Waals surface area contributed by atoms with Gasteiger partial charge in [-0.2, -0.15) is 0 Å². The quantitative estimate of drug-likeness (QED) is 0.455. The van der Waals surface area contributed by atoms with Crippen molar-refractivity contribution in [2.45, 2.75) is 58.0 Å². The number of carbonyl (C=O) groups is 1. The minimum atomic E-state index is -0.726. The molecule has 0 aliphatic heterocycles. The lowest BCUT2D eigenvalue weighted by atomic mass is 10.1. The van der Waals surface area contributed by atoms with Crippen LogP contribution in [0.4, 0.5) is 0 Å². The van der Waals surface area contributed by atoms with Crippen molar-refractivity contribution in [1.82, 2.24) is 0 Å². The van der Waals surface area contributed by atoms with Gasteiger partial charge in [0.1, 0.15) is 0 Å². The number of aliphatic hydroxyl groups excluding tert-OH is 1. The number of carboxylic acids is 1. The van der Waals surface area contributed by atoms with Crippen molar-refractivity contribution < 1.29 is 15.0 Å². The molecule has 1 atom stereocenters. The molecular formula is C14H24O3. The van der Waals surface area contributed by atoms with Crippen LogP contribution in [0.5, 0.6) is 0 Å². The fraction of sp³-hybridized carbons (Fsp3) is 0.643. The Labute approximate surface area is 104 Å². The van der Waals surface area contributed by atoms with Crippen molar-refractivity contribution >= 4 is 5.97 Å². The van der Waals surface area contributed by atoms with E-state index in [9.17, 15) is 4.79 Å². The molecule has 3 nitrogen and oxygen atoms in total. The molecule has 0 aromatic carbocycles. The maximum Gasteiger partial charge on any atom is 0.303 e. The lowest BCUT2D eigenvalue weighted by molar-refractivity contribution is -0.137. The average molecular weight is 240 g/mol. The van der Waals surface area contributed by atoms with Crippen LogP contribution >= 0.6 is 0 Å². The molecule has 0 radical (unpaired) electrons. The van der Waals surface area contributed by atoms with Crippen LogP contribution in [0.1, 0.15) is 51.9 Å². The van der Waals surface area contributed by atoms with E-state index in [4.69, 9.17) is 10.2 Å². The molecule has 17 heavy (non-hydrogen) atoms. The molecule has 0 amide bonds. The zero-order chi connectivity index (χ0) is 12.9. The van der Waals surface area contributed by atoms with Crippen molar-refractivity contribution in [1.29, 1.82) is 0 Å². The zero-order valence-electron chi connectivity index (χ0n) is 10.6. The molecule has 0 aliphatic rings. The van der Waals surface area contributed by atoms with E-state index in [1.807, 2.05) is 13.0 Å². The first-order valence-corrected chi connectivity index (χ1v) is 6.32. The fourth-order valence-electron chi connectivity index (χ4n) is 1.41. The molecule has 0 aliphatic carbocycles. The molecule has 0 fully saturated rings. The van der Waals surface area contributed by atoms with Crippen LogP contribution in [-0.2, 0) is 4.79 Å². The van der Waals surface area contributed by atoms with Gasteiger partial charge in [0.2, 0.25) is 0 Å². The van der Waals surface area contributed by atoms with Gasteiger partial charge >= 0.3 is 5.97 Å². The third-order valence-corrected chi connectivity index (χ3v) is 2.36. The molecule has 0 saturated heterocycles. The number of allylic oxidation sites excluding steroid dienone is 4. The van der Waals surface area contributed by atoms with E-state index in [0.717, 1.165) is 32.1 Å². The van der Waals surface area contributed by atoms with Crippen LogP contribution in [0.25, 0.3) is 0 Å². The summed E-state index contributed by atoms with van der Waals surface area (Å²) in [6.07, 6.45) is 13.7. The first-order valence-electron chi connectivity index (χ1n) is 6.32. The van der Waals surface area contributed by atoms with Crippen molar-refractivity contribution in [2.24, 2.45) is 0 Å². The summed E-state index contributed by atoms with van der Waals surface area (Å²) in [5, 5.41) is 17.5. The first-order chi connectivity index (χ1) is 8.13. The predicted octanol–water partition coefficient (Wildman–Crippen LogP) is 3.29. The third kappa shape index (κ3) is 14.9. The van der Waals surface area contributed by atoms with E-state index in [2.05, 4.69) is 18.2 Å². The summed E-state index contributed by atoms with van der Waals surface area (Å²) in [5.74, 6) is -0.726. The van der Waals surface area contributed by atoms with Gasteiger partial charge in [-0.1, -0.05) is 24.3 Å². The zero-order valence-corrected chi connectivity index (χ0v) is 10.6. The van der Waals surface area contributed by atoms with Gasteiger partial charge in [0.15, 0.2) is 0 Å². The standard InChI is InChI=1S/C14H24O3/c1-13(15)11-9-7-5-3-2-4-6-8-10-12-14(16)17/h3-6,13,15H,2,7-12H2,1H3,(H,16,17). The van der Waals surface area contributed by atoms with Crippen LogP contribution in [-0.4, -0.2) is 22.3 Å². The van der Waals surface area contributed by atoms with Gasteiger partial charge in [-0.3, -0.25) is 4.79 Å². The van der Waals surface area contributed by atoms with Crippen molar-refractivity contribution in [3.8, 4) is 0 Å². The molecule has 1 unspecified atom stereocenters. The molecule has 2 N–H and O–H groups in total. The highest BCUT2D eigenvalue weighted by atomic mass is 16.4. The number of aliphatic carboxylic acids is 1. The first kappa shape index (κ1) is 15.9. The van der Waals surface area contributed by atoms with Gasteiger partial charge in [-0.25, -0.2) is 0 Å². The van der Waals surface area contributed by atoms with Crippen LogP contribution in [0.15, 0.2) is 24.3 Å². The number of aliphatic hydroxyl groups is 1. The SMILES string of the molecule is CC(O)CCCC=CCC=CCCCC(=O)O. The van der Waals surface area contributed by atoms with Gasteiger partial charge in [-0.05, 0) is 45.4 Å². The molecule has 0 aromatic rings. The molecule has 0 rings (SSSR count). The van der Waals surface area contributed by atoms with Crippen LogP contribution in [0.3, 0.4) is 0 Å². The van der Waals surface area contributed by atoms with Crippen molar-refractivity contribution in [3.63, 3.8) is 0 Å². The second-order valence-corrected chi connectivity index (χ2v) is 4.24. The minimum absolute atomic E-state index is 0.197. The normalized spacial score (nSPS) is 13.5. The summed E-state index contributed by atoms with van der Waals surface area (Å²) in [5.41, 5.74) is 0. The number of carboxylic acid groups (broad SMARTS) is 1. The summed E-state index contributed by atoms with van der Waals surface area (Å²) < 4.78 is 0. The van der Waals surface area contributed by atoms with E-state index < -0.39 is 5.97 Å². The lowest BCUT2D eigenvalue weighted by Gasteiger charge is -1.99. The third-order valence-electron chi connectivity index (χ3n) is 2.36. The predicted molar refractivity (Wildman–Crippen MR) is 69.9 cm³/mol. The minimum Gasteiger partial charge on any atom is -0.481 e. The summed E-state index contributed by atoms with van der Waals surface area (Å²) in [6.45, 7) is 1.81. The van der Waals surface area contributed by atoms with Gasteiger partial charge in [0.05, 0.1) is 6.10 Å². The monoisotopic (exact) mass is 240 g/mol. The number of rotatable bonds is 10. The molecule has 98 valence electrons. The molecular weight excluding hydrogens is 216 g/mol. The highest BCUT2D eigenvalue weighted by Gasteiger charge is 1.93. The second-order valence-electron chi connectivity index (χ2n) is 4.24. The molecule has 0 spiro atoms. The van der Waals surface area contributed by atoms with E-state index >= 15 is 0 Å².